The zero-order chi connectivity index (χ0) is 16.3. The molecule has 0 saturated carbocycles. The van der Waals surface area contributed by atoms with E-state index in [0.29, 0.717) is 11.4 Å². The zero-order valence-corrected chi connectivity index (χ0v) is 14.0. The number of hydrogen-bond donors (Lipinski definition) is 2. The molecule has 0 unspecified atom stereocenters. The molecule has 0 saturated heterocycles. The highest BCUT2D eigenvalue weighted by molar-refractivity contribution is 7.80. The predicted octanol–water partition coefficient (Wildman–Crippen LogP) is 3.44. The van der Waals surface area contributed by atoms with Crippen LogP contribution in [0, 0.1) is 27.7 Å². The summed E-state index contributed by atoms with van der Waals surface area (Å²) in [7, 11) is 0. The van der Waals surface area contributed by atoms with Crippen molar-refractivity contribution in [3.63, 3.8) is 0 Å². The topological polar surface area (TPSA) is 54.0 Å². The fraction of sp³-hybridized carbons (Fsp3) is 0.235. The summed E-state index contributed by atoms with van der Waals surface area (Å²) in [5.74, 6) is 0.440. The number of pyridine rings is 1. The fourth-order valence-corrected chi connectivity index (χ4v) is 2.28. The Morgan fingerprint density at radius 3 is 2.27 bits per heavy atom. The van der Waals surface area contributed by atoms with E-state index < -0.39 is 0 Å². The van der Waals surface area contributed by atoms with Crippen LogP contribution in [-0.2, 0) is 0 Å². The van der Waals surface area contributed by atoms with Crippen molar-refractivity contribution in [1.82, 2.24) is 10.3 Å². The minimum atomic E-state index is -0.240. The van der Waals surface area contributed by atoms with Crippen molar-refractivity contribution >= 4 is 29.1 Å². The van der Waals surface area contributed by atoms with Gasteiger partial charge in [0.15, 0.2) is 5.11 Å². The highest BCUT2D eigenvalue weighted by atomic mass is 32.1. The second-order valence-electron chi connectivity index (χ2n) is 5.20. The van der Waals surface area contributed by atoms with Gasteiger partial charge in [-0.1, -0.05) is 18.2 Å². The highest BCUT2D eigenvalue weighted by Gasteiger charge is 2.12. The Hall–Kier alpha value is -2.27. The third-order valence-electron chi connectivity index (χ3n) is 3.80. The minimum absolute atomic E-state index is 0.240. The molecule has 1 aromatic heterocycles. The van der Waals surface area contributed by atoms with Gasteiger partial charge < -0.3 is 5.32 Å². The summed E-state index contributed by atoms with van der Waals surface area (Å²) < 4.78 is 0. The molecule has 0 aliphatic rings. The normalized spacial score (nSPS) is 10.2. The van der Waals surface area contributed by atoms with Crippen molar-refractivity contribution in [3.8, 4) is 0 Å². The Bertz CT molecular complexity index is 726. The van der Waals surface area contributed by atoms with Crippen molar-refractivity contribution in [1.29, 1.82) is 0 Å². The zero-order valence-electron chi connectivity index (χ0n) is 13.2. The van der Waals surface area contributed by atoms with E-state index >= 15 is 0 Å². The number of nitrogens with one attached hydrogen (secondary N) is 2. The maximum absolute atomic E-state index is 12.1. The molecule has 0 radical (unpaired) electrons. The van der Waals surface area contributed by atoms with Crippen LogP contribution >= 0.6 is 12.2 Å². The monoisotopic (exact) mass is 313 g/mol. The lowest BCUT2D eigenvalue weighted by molar-refractivity contribution is 0.0977. The van der Waals surface area contributed by atoms with E-state index in [1.807, 2.05) is 39.0 Å². The van der Waals surface area contributed by atoms with Crippen molar-refractivity contribution in [2.75, 3.05) is 5.32 Å². The van der Waals surface area contributed by atoms with Crippen molar-refractivity contribution in [2.24, 2.45) is 0 Å². The molecule has 0 fully saturated rings. The van der Waals surface area contributed by atoms with Crippen molar-refractivity contribution in [2.45, 2.75) is 27.7 Å². The van der Waals surface area contributed by atoms with Crippen LogP contribution in [0.4, 0.5) is 5.82 Å². The molecule has 1 aromatic carbocycles. The lowest BCUT2D eigenvalue weighted by atomic mass is 10.0. The molecule has 1 amide bonds. The number of aromatic nitrogens is 1. The number of rotatable bonds is 2. The van der Waals surface area contributed by atoms with Crippen LogP contribution in [0.15, 0.2) is 30.3 Å². The third-order valence-corrected chi connectivity index (χ3v) is 4.00. The molecule has 5 heteroatoms. The summed E-state index contributed by atoms with van der Waals surface area (Å²) in [5.41, 5.74) is 4.88. The number of benzene rings is 1. The molecule has 2 rings (SSSR count). The van der Waals surface area contributed by atoms with E-state index in [9.17, 15) is 4.79 Å². The summed E-state index contributed by atoms with van der Waals surface area (Å²) in [6, 6.07) is 8.95. The number of anilines is 1. The van der Waals surface area contributed by atoms with Gasteiger partial charge in [0, 0.05) is 11.3 Å². The minimum Gasteiger partial charge on any atom is -0.317 e. The highest BCUT2D eigenvalue weighted by Crippen LogP contribution is 2.21. The molecule has 2 N–H and O–H groups in total. The number of amides is 1. The molecular formula is C17H19N3OS. The SMILES string of the molecule is Cc1nc(NC(=S)NC(=O)c2ccccc2)c(C)c(C)c1C. The summed E-state index contributed by atoms with van der Waals surface area (Å²) in [4.78, 5) is 16.6. The van der Waals surface area contributed by atoms with E-state index in [1.54, 1.807) is 12.1 Å². The smallest absolute Gasteiger partial charge is 0.257 e. The van der Waals surface area contributed by atoms with E-state index in [4.69, 9.17) is 12.2 Å². The molecule has 0 bridgehead atoms. The number of carbonyl (C=O) groups excluding carboxylic acids is 1. The molecule has 0 spiro atoms. The summed E-state index contributed by atoms with van der Waals surface area (Å²) >= 11 is 5.21. The number of aryl methyl sites for hydroxylation is 1. The summed E-state index contributed by atoms with van der Waals surface area (Å²) in [5, 5.41) is 5.92. The van der Waals surface area contributed by atoms with Gasteiger partial charge in [0.25, 0.3) is 5.91 Å². The van der Waals surface area contributed by atoms with Gasteiger partial charge in [0.1, 0.15) is 5.82 Å². The van der Waals surface area contributed by atoms with Crippen LogP contribution < -0.4 is 10.6 Å². The van der Waals surface area contributed by atoms with Gasteiger partial charge >= 0.3 is 0 Å². The standard InChI is InChI=1S/C17H19N3OS/c1-10-11(2)13(4)18-15(12(10)3)19-17(22)20-16(21)14-8-6-5-7-9-14/h5-9H,1-4H3,(H2,18,19,20,21,22). The van der Waals surface area contributed by atoms with Gasteiger partial charge in [-0.3, -0.25) is 10.1 Å². The summed E-state index contributed by atoms with van der Waals surface area (Å²) in [6.45, 7) is 8.04. The van der Waals surface area contributed by atoms with Gasteiger partial charge in [0.05, 0.1) is 0 Å². The van der Waals surface area contributed by atoms with Crippen LogP contribution in [0.2, 0.25) is 0 Å². The largest absolute Gasteiger partial charge is 0.317 e. The van der Waals surface area contributed by atoms with E-state index in [2.05, 4.69) is 22.5 Å². The molecule has 0 aliphatic heterocycles. The first-order chi connectivity index (χ1) is 10.4. The van der Waals surface area contributed by atoms with E-state index in [0.717, 1.165) is 11.3 Å². The van der Waals surface area contributed by atoms with Gasteiger partial charge in [-0.25, -0.2) is 4.98 Å². The van der Waals surface area contributed by atoms with Crippen LogP contribution in [0.5, 0.6) is 0 Å². The Morgan fingerprint density at radius 2 is 1.64 bits per heavy atom. The first-order valence-electron chi connectivity index (χ1n) is 7.02. The molecule has 0 atom stereocenters. The van der Waals surface area contributed by atoms with Crippen molar-refractivity contribution in [3.05, 3.63) is 58.3 Å². The van der Waals surface area contributed by atoms with E-state index in [1.165, 1.54) is 11.1 Å². The van der Waals surface area contributed by atoms with Gasteiger partial charge in [-0.2, -0.15) is 0 Å². The lowest BCUT2D eigenvalue weighted by Gasteiger charge is -2.15. The molecule has 2 aromatic rings. The molecule has 114 valence electrons. The first-order valence-corrected chi connectivity index (χ1v) is 7.42. The quantitative estimate of drug-likeness (QED) is 0.834. The van der Waals surface area contributed by atoms with Gasteiger partial charge in [0.2, 0.25) is 0 Å². The molecular weight excluding hydrogens is 294 g/mol. The summed E-state index contributed by atoms with van der Waals surface area (Å²) in [6.07, 6.45) is 0. The number of thiocarbonyl (C=S) groups is 1. The Labute approximate surface area is 136 Å². The fourth-order valence-electron chi connectivity index (χ4n) is 2.09. The molecule has 0 aliphatic carbocycles. The molecule has 22 heavy (non-hydrogen) atoms. The number of nitrogens with zero attached hydrogens (tertiary/aromatic N) is 1. The van der Waals surface area contributed by atoms with E-state index in [-0.39, 0.29) is 11.0 Å². The van der Waals surface area contributed by atoms with Crippen LogP contribution in [0.25, 0.3) is 0 Å². The Balaban J connectivity index is 2.12. The number of hydrogen-bond acceptors (Lipinski definition) is 3. The third kappa shape index (κ3) is 3.49. The van der Waals surface area contributed by atoms with Crippen LogP contribution in [0.1, 0.15) is 32.7 Å². The van der Waals surface area contributed by atoms with Gasteiger partial charge in [-0.15, -0.1) is 0 Å². The average Bonchev–Trinajstić information content (AvgIpc) is 2.51. The lowest BCUT2D eigenvalue weighted by Crippen LogP contribution is -2.34. The molecule has 4 nitrogen and oxygen atoms in total. The van der Waals surface area contributed by atoms with Crippen LogP contribution in [0.3, 0.4) is 0 Å². The maximum Gasteiger partial charge on any atom is 0.257 e. The predicted molar refractivity (Wildman–Crippen MR) is 93.3 cm³/mol. The second-order valence-corrected chi connectivity index (χ2v) is 5.60. The van der Waals surface area contributed by atoms with Crippen LogP contribution in [-0.4, -0.2) is 16.0 Å². The van der Waals surface area contributed by atoms with Crippen molar-refractivity contribution < 1.29 is 4.79 Å². The first kappa shape index (κ1) is 16.1. The van der Waals surface area contributed by atoms with Gasteiger partial charge in [-0.05, 0) is 68.7 Å². The Morgan fingerprint density at radius 1 is 1.00 bits per heavy atom. The maximum atomic E-state index is 12.1. The second kappa shape index (κ2) is 6.66. The number of carbonyl (C=O) groups is 1. The Kier molecular flexibility index (Phi) is 4.88. The molecule has 1 heterocycles. The average molecular weight is 313 g/mol.